The molecule has 0 radical (unpaired) electrons. The molecule has 3 nitrogen and oxygen atoms in total. The van der Waals surface area contributed by atoms with Gasteiger partial charge in [-0.2, -0.15) is 10.2 Å². The summed E-state index contributed by atoms with van der Waals surface area (Å²) in [5, 5.41) is 9.75. The highest BCUT2D eigenvalue weighted by Gasteiger charge is 2.00. The molecule has 5 heteroatoms. The van der Waals surface area contributed by atoms with Gasteiger partial charge in [0, 0.05) is 12.7 Å². The Bertz CT molecular complexity index is 215. The predicted octanol–water partition coefficient (Wildman–Crippen LogP) is 0.831. The lowest BCUT2D eigenvalue weighted by Gasteiger charge is -2.01. The Morgan fingerprint density at radius 3 is 2.83 bits per heavy atom. The predicted molar refractivity (Wildman–Crippen MR) is 39.7 cm³/mol. The molecule has 0 unspecified atom stereocenters. The van der Waals surface area contributed by atoms with E-state index < -0.39 is 6.43 Å². The lowest BCUT2D eigenvalue weighted by Crippen LogP contribution is -2.20. The summed E-state index contributed by atoms with van der Waals surface area (Å²) >= 11 is 0. The summed E-state index contributed by atoms with van der Waals surface area (Å²) in [5.41, 5.74) is 0.852. The summed E-state index contributed by atoms with van der Waals surface area (Å²) in [5.74, 6) is 0. The first kappa shape index (κ1) is 8.99. The summed E-state index contributed by atoms with van der Waals surface area (Å²) < 4.78 is 23.3. The highest BCUT2D eigenvalue weighted by atomic mass is 19.3. The molecule has 1 heterocycles. The van der Waals surface area contributed by atoms with Crippen molar-refractivity contribution in [3.8, 4) is 0 Å². The summed E-state index contributed by atoms with van der Waals surface area (Å²) in [4.78, 5) is 0. The number of nitrogens with one attached hydrogen (secondary N) is 1. The van der Waals surface area contributed by atoms with E-state index in [4.69, 9.17) is 0 Å². The summed E-state index contributed by atoms with van der Waals surface area (Å²) in [6.07, 6.45) is 0.762. The number of halogens is 2. The van der Waals surface area contributed by atoms with E-state index in [0.29, 0.717) is 6.54 Å². The highest BCUT2D eigenvalue weighted by molar-refractivity contribution is 5.04. The third-order valence-corrected chi connectivity index (χ3v) is 1.27. The molecule has 66 valence electrons. The number of aromatic nitrogens is 2. The maximum Gasteiger partial charge on any atom is 0.250 e. The van der Waals surface area contributed by atoms with E-state index in [9.17, 15) is 8.78 Å². The Morgan fingerprint density at radius 1 is 1.42 bits per heavy atom. The van der Waals surface area contributed by atoms with Gasteiger partial charge < -0.3 is 5.32 Å². The van der Waals surface area contributed by atoms with Gasteiger partial charge in [0.1, 0.15) is 0 Å². The van der Waals surface area contributed by atoms with Crippen molar-refractivity contribution in [2.75, 3.05) is 6.54 Å². The fourth-order valence-electron chi connectivity index (χ4n) is 0.748. The third kappa shape index (κ3) is 3.34. The topological polar surface area (TPSA) is 37.8 Å². The lowest BCUT2D eigenvalue weighted by atomic mass is 10.3. The van der Waals surface area contributed by atoms with Crippen LogP contribution in [0.2, 0.25) is 0 Å². The Balaban J connectivity index is 2.25. The van der Waals surface area contributed by atoms with Gasteiger partial charge in [0.25, 0.3) is 6.43 Å². The van der Waals surface area contributed by atoms with E-state index in [-0.39, 0.29) is 6.54 Å². The molecule has 0 aliphatic rings. The molecule has 12 heavy (non-hydrogen) atoms. The van der Waals surface area contributed by atoms with E-state index in [1.807, 2.05) is 0 Å². The van der Waals surface area contributed by atoms with E-state index in [2.05, 4.69) is 15.5 Å². The van der Waals surface area contributed by atoms with Gasteiger partial charge >= 0.3 is 0 Å². The Hall–Kier alpha value is -1.10. The van der Waals surface area contributed by atoms with Crippen LogP contribution >= 0.6 is 0 Å². The summed E-state index contributed by atoms with van der Waals surface area (Å²) in [7, 11) is 0. The van der Waals surface area contributed by atoms with E-state index >= 15 is 0 Å². The molecule has 1 N–H and O–H groups in total. The molecular weight excluding hydrogens is 164 g/mol. The SMILES string of the molecule is FC(F)CNCc1ccnnc1. The van der Waals surface area contributed by atoms with Gasteiger partial charge in [-0.25, -0.2) is 8.78 Å². The van der Waals surface area contributed by atoms with Gasteiger partial charge in [0.05, 0.1) is 12.7 Å². The number of hydrogen-bond acceptors (Lipinski definition) is 3. The van der Waals surface area contributed by atoms with Gasteiger partial charge in [0.2, 0.25) is 0 Å². The normalized spacial score (nSPS) is 10.6. The molecule has 0 spiro atoms. The molecule has 0 bridgehead atoms. The average Bonchev–Trinajstić information content (AvgIpc) is 2.05. The number of nitrogens with zero attached hydrogens (tertiary/aromatic N) is 2. The van der Waals surface area contributed by atoms with E-state index in [1.165, 1.54) is 6.20 Å². The minimum Gasteiger partial charge on any atom is -0.307 e. The quantitative estimate of drug-likeness (QED) is 0.732. The molecule has 0 aliphatic heterocycles. The molecule has 0 fully saturated rings. The molecular formula is C7H9F2N3. The molecule has 0 aromatic carbocycles. The molecule has 1 rings (SSSR count). The molecule has 0 atom stereocenters. The summed E-state index contributed by atoms with van der Waals surface area (Å²) in [6, 6.07) is 1.73. The van der Waals surface area contributed by atoms with Crippen LogP contribution in [0.15, 0.2) is 18.5 Å². The van der Waals surface area contributed by atoms with Crippen molar-refractivity contribution >= 4 is 0 Å². The zero-order valence-electron chi connectivity index (χ0n) is 6.37. The first-order valence-corrected chi connectivity index (χ1v) is 3.53. The van der Waals surface area contributed by atoms with Crippen molar-refractivity contribution in [3.63, 3.8) is 0 Å². The van der Waals surface area contributed by atoms with Crippen LogP contribution < -0.4 is 5.32 Å². The second kappa shape index (κ2) is 4.71. The standard InChI is InChI=1S/C7H9F2N3/c8-7(9)5-10-3-6-1-2-11-12-4-6/h1-2,4,7,10H,3,5H2. The third-order valence-electron chi connectivity index (χ3n) is 1.27. The number of rotatable bonds is 4. The zero-order chi connectivity index (χ0) is 8.81. The highest BCUT2D eigenvalue weighted by Crippen LogP contribution is 1.94. The van der Waals surface area contributed by atoms with Crippen LogP contribution in [0.25, 0.3) is 0 Å². The van der Waals surface area contributed by atoms with Gasteiger partial charge in [0.15, 0.2) is 0 Å². The van der Waals surface area contributed by atoms with Crippen LogP contribution in [-0.2, 0) is 6.54 Å². The lowest BCUT2D eigenvalue weighted by molar-refractivity contribution is 0.145. The van der Waals surface area contributed by atoms with Crippen LogP contribution in [0.5, 0.6) is 0 Å². The Labute approximate surface area is 68.8 Å². The van der Waals surface area contributed by atoms with Crippen molar-refractivity contribution in [1.29, 1.82) is 0 Å². The van der Waals surface area contributed by atoms with Gasteiger partial charge in [-0.1, -0.05) is 0 Å². The van der Waals surface area contributed by atoms with Crippen LogP contribution in [0, 0.1) is 0 Å². The number of alkyl halides is 2. The minimum atomic E-state index is -2.31. The molecule has 1 aromatic heterocycles. The molecule has 0 saturated carbocycles. The van der Waals surface area contributed by atoms with E-state index in [0.717, 1.165) is 5.56 Å². The first-order chi connectivity index (χ1) is 5.79. The maximum atomic E-state index is 11.6. The average molecular weight is 173 g/mol. The van der Waals surface area contributed by atoms with Crippen LogP contribution in [0.4, 0.5) is 8.78 Å². The van der Waals surface area contributed by atoms with Gasteiger partial charge in [-0.15, -0.1) is 0 Å². The monoisotopic (exact) mass is 173 g/mol. The zero-order valence-corrected chi connectivity index (χ0v) is 6.37. The molecule has 1 aromatic rings. The van der Waals surface area contributed by atoms with Crippen molar-refractivity contribution in [2.45, 2.75) is 13.0 Å². The molecule has 0 amide bonds. The fourth-order valence-corrected chi connectivity index (χ4v) is 0.748. The smallest absolute Gasteiger partial charge is 0.250 e. The second-order valence-electron chi connectivity index (χ2n) is 2.27. The minimum absolute atomic E-state index is 0.289. The van der Waals surface area contributed by atoms with Crippen molar-refractivity contribution in [3.05, 3.63) is 24.0 Å². The van der Waals surface area contributed by atoms with Crippen molar-refractivity contribution in [2.24, 2.45) is 0 Å². The van der Waals surface area contributed by atoms with Crippen LogP contribution in [-0.4, -0.2) is 23.2 Å². The van der Waals surface area contributed by atoms with Crippen LogP contribution in [0.1, 0.15) is 5.56 Å². The molecule has 0 aliphatic carbocycles. The van der Waals surface area contributed by atoms with Crippen molar-refractivity contribution in [1.82, 2.24) is 15.5 Å². The van der Waals surface area contributed by atoms with Crippen molar-refractivity contribution < 1.29 is 8.78 Å². The van der Waals surface area contributed by atoms with Crippen LogP contribution in [0.3, 0.4) is 0 Å². The largest absolute Gasteiger partial charge is 0.307 e. The Kier molecular flexibility index (Phi) is 3.53. The van der Waals surface area contributed by atoms with E-state index in [1.54, 1.807) is 12.3 Å². The first-order valence-electron chi connectivity index (χ1n) is 3.53. The van der Waals surface area contributed by atoms with Gasteiger partial charge in [-0.3, -0.25) is 0 Å². The second-order valence-corrected chi connectivity index (χ2v) is 2.27. The Morgan fingerprint density at radius 2 is 2.25 bits per heavy atom. The number of hydrogen-bond donors (Lipinski definition) is 1. The summed E-state index contributed by atoms with van der Waals surface area (Å²) in [6.45, 7) is 0.113. The fraction of sp³-hybridized carbons (Fsp3) is 0.429. The molecule has 0 saturated heterocycles. The maximum absolute atomic E-state index is 11.6. The van der Waals surface area contributed by atoms with Gasteiger partial charge in [-0.05, 0) is 11.6 Å².